The Labute approximate surface area is 169 Å². The lowest BCUT2D eigenvalue weighted by molar-refractivity contribution is 0.102. The first kappa shape index (κ1) is 20.6. The molecular formula is C19H22ClN3O4S. The van der Waals surface area contributed by atoms with E-state index in [4.69, 9.17) is 16.3 Å². The van der Waals surface area contributed by atoms with Crippen molar-refractivity contribution in [3.05, 3.63) is 47.1 Å². The molecule has 7 nitrogen and oxygen atoms in total. The number of halogens is 1. The molecule has 1 amide bonds. The number of rotatable bonds is 5. The van der Waals surface area contributed by atoms with Crippen LogP contribution in [-0.4, -0.2) is 43.8 Å². The molecule has 1 aromatic carbocycles. The van der Waals surface area contributed by atoms with E-state index in [-0.39, 0.29) is 15.5 Å². The summed E-state index contributed by atoms with van der Waals surface area (Å²) in [6, 6.07) is 7.53. The minimum absolute atomic E-state index is 0.0448. The lowest BCUT2D eigenvalue weighted by Crippen LogP contribution is -2.32. The molecule has 1 saturated heterocycles. The molecule has 0 radical (unpaired) electrons. The molecule has 1 N–H and O–H groups in total. The summed E-state index contributed by atoms with van der Waals surface area (Å²) in [4.78, 5) is 16.5. The number of hydrogen-bond acceptors (Lipinski definition) is 5. The molecule has 0 atom stereocenters. The van der Waals surface area contributed by atoms with Crippen molar-refractivity contribution in [2.45, 2.75) is 30.6 Å². The Hall–Kier alpha value is -2.16. The van der Waals surface area contributed by atoms with Crippen LogP contribution in [0, 0.1) is 0 Å². The Bertz CT molecular complexity index is 940. The summed E-state index contributed by atoms with van der Waals surface area (Å²) in [5.41, 5.74) is 0.672. The molecule has 1 aliphatic rings. The van der Waals surface area contributed by atoms with E-state index in [9.17, 15) is 13.2 Å². The van der Waals surface area contributed by atoms with Gasteiger partial charge in [0.05, 0.1) is 24.0 Å². The van der Waals surface area contributed by atoms with Crippen molar-refractivity contribution in [3.63, 3.8) is 0 Å². The zero-order valence-electron chi connectivity index (χ0n) is 15.5. The molecule has 9 heteroatoms. The van der Waals surface area contributed by atoms with Crippen LogP contribution >= 0.6 is 11.6 Å². The van der Waals surface area contributed by atoms with E-state index in [1.54, 1.807) is 12.1 Å². The molecule has 150 valence electrons. The molecule has 0 spiro atoms. The maximum Gasteiger partial charge on any atom is 0.255 e. The van der Waals surface area contributed by atoms with E-state index < -0.39 is 15.9 Å². The van der Waals surface area contributed by atoms with Crippen LogP contribution in [0.3, 0.4) is 0 Å². The number of amides is 1. The molecule has 0 unspecified atom stereocenters. The standard InChI is InChI=1S/C19H22ClN3O4S/c1-27-18-9-7-15(13-21-18)22-19(24)14-6-8-16(20)17(12-14)28(25,26)23-10-4-2-3-5-11-23/h6-9,12-13H,2-5,10-11H2,1H3,(H,22,24). The van der Waals surface area contributed by atoms with Crippen LogP contribution < -0.4 is 10.1 Å². The first-order valence-corrected chi connectivity index (χ1v) is 10.8. The molecule has 2 heterocycles. The van der Waals surface area contributed by atoms with E-state index >= 15 is 0 Å². The summed E-state index contributed by atoms with van der Waals surface area (Å²) in [7, 11) is -2.26. The molecule has 1 fully saturated rings. The summed E-state index contributed by atoms with van der Waals surface area (Å²) >= 11 is 6.18. The van der Waals surface area contributed by atoms with Crippen LogP contribution in [0.1, 0.15) is 36.0 Å². The van der Waals surface area contributed by atoms with Gasteiger partial charge in [0.15, 0.2) is 0 Å². The predicted octanol–water partition coefficient (Wildman–Crippen LogP) is 3.56. The maximum absolute atomic E-state index is 13.1. The van der Waals surface area contributed by atoms with E-state index in [0.717, 1.165) is 25.7 Å². The highest BCUT2D eigenvalue weighted by molar-refractivity contribution is 7.89. The monoisotopic (exact) mass is 423 g/mol. The minimum atomic E-state index is -3.76. The topological polar surface area (TPSA) is 88.6 Å². The van der Waals surface area contributed by atoms with Gasteiger partial charge in [-0.2, -0.15) is 4.31 Å². The fraction of sp³-hybridized carbons (Fsp3) is 0.368. The molecule has 28 heavy (non-hydrogen) atoms. The summed E-state index contributed by atoms with van der Waals surface area (Å²) in [6.07, 6.45) is 5.13. The Morgan fingerprint density at radius 2 is 1.86 bits per heavy atom. The fourth-order valence-corrected chi connectivity index (χ4v) is 5.06. The second kappa shape index (κ2) is 8.89. The quantitative estimate of drug-likeness (QED) is 0.794. The summed E-state index contributed by atoms with van der Waals surface area (Å²) in [5.74, 6) is -0.0220. The van der Waals surface area contributed by atoms with E-state index in [2.05, 4.69) is 10.3 Å². The van der Waals surface area contributed by atoms with Crippen molar-refractivity contribution in [1.29, 1.82) is 0 Å². The summed E-state index contributed by atoms with van der Waals surface area (Å²) in [6.45, 7) is 0.930. The van der Waals surface area contributed by atoms with Gasteiger partial charge in [0.25, 0.3) is 5.91 Å². The number of anilines is 1. The van der Waals surface area contributed by atoms with Crippen molar-refractivity contribution < 1.29 is 17.9 Å². The molecular weight excluding hydrogens is 402 g/mol. The Kier molecular flexibility index (Phi) is 6.53. The van der Waals surface area contributed by atoms with Gasteiger partial charge in [-0.25, -0.2) is 13.4 Å². The van der Waals surface area contributed by atoms with Crippen molar-refractivity contribution in [2.24, 2.45) is 0 Å². The molecule has 2 aromatic rings. The van der Waals surface area contributed by atoms with Crippen LogP contribution in [0.4, 0.5) is 5.69 Å². The molecule has 1 aromatic heterocycles. The van der Waals surface area contributed by atoms with Gasteiger partial charge in [-0.3, -0.25) is 4.79 Å². The second-order valence-electron chi connectivity index (χ2n) is 6.51. The number of benzene rings is 1. The van der Waals surface area contributed by atoms with Crippen molar-refractivity contribution >= 4 is 33.2 Å². The number of carbonyl (C=O) groups excluding carboxylic acids is 1. The number of ether oxygens (including phenoxy) is 1. The molecule has 3 rings (SSSR count). The lowest BCUT2D eigenvalue weighted by atomic mass is 10.2. The fourth-order valence-electron chi connectivity index (χ4n) is 3.04. The molecule has 0 aliphatic carbocycles. The highest BCUT2D eigenvalue weighted by Crippen LogP contribution is 2.28. The van der Waals surface area contributed by atoms with Gasteiger partial charge in [0, 0.05) is 24.7 Å². The van der Waals surface area contributed by atoms with Gasteiger partial charge in [0.1, 0.15) is 4.90 Å². The smallest absolute Gasteiger partial charge is 0.255 e. The highest BCUT2D eigenvalue weighted by atomic mass is 35.5. The van der Waals surface area contributed by atoms with Crippen LogP contribution in [0.25, 0.3) is 0 Å². The largest absolute Gasteiger partial charge is 0.481 e. The van der Waals surface area contributed by atoms with Crippen LogP contribution in [0.2, 0.25) is 5.02 Å². The maximum atomic E-state index is 13.1. The number of methoxy groups -OCH3 is 1. The highest BCUT2D eigenvalue weighted by Gasteiger charge is 2.28. The van der Waals surface area contributed by atoms with E-state index in [1.807, 2.05) is 0 Å². The number of carbonyl (C=O) groups is 1. The van der Waals surface area contributed by atoms with Gasteiger partial charge >= 0.3 is 0 Å². The van der Waals surface area contributed by atoms with Crippen LogP contribution in [-0.2, 0) is 10.0 Å². The first-order valence-electron chi connectivity index (χ1n) is 9.03. The minimum Gasteiger partial charge on any atom is -0.481 e. The Morgan fingerprint density at radius 1 is 1.14 bits per heavy atom. The first-order chi connectivity index (χ1) is 13.4. The zero-order chi connectivity index (χ0) is 20.1. The average Bonchev–Trinajstić information content (AvgIpc) is 2.99. The Morgan fingerprint density at radius 3 is 2.46 bits per heavy atom. The van der Waals surface area contributed by atoms with Gasteiger partial charge in [0.2, 0.25) is 15.9 Å². The normalized spacial score (nSPS) is 15.6. The van der Waals surface area contributed by atoms with Crippen molar-refractivity contribution in [3.8, 4) is 5.88 Å². The third kappa shape index (κ3) is 4.63. The molecule has 0 bridgehead atoms. The SMILES string of the molecule is COc1ccc(NC(=O)c2ccc(Cl)c(S(=O)(=O)N3CCCCCC3)c2)cn1. The zero-order valence-corrected chi connectivity index (χ0v) is 17.1. The van der Waals surface area contributed by atoms with Crippen LogP contribution in [0.15, 0.2) is 41.4 Å². The van der Waals surface area contributed by atoms with Gasteiger partial charge in [-0.1, -0.05) is 24.4 Å². The van der Waals surface area contributed by atoms with Gasteiger partial charge in [-0.05, 0) is 37.1 Å². The molecule has 0 saturated carbocycles. The lowest BCUT2D eigenvalue weighted by Gasteiger charge is -2.21. The van der Waals surface area contributed by atoms with Crippen LogP contribution in [0.5, 0.6) is 5.88 Å². The number of pyridine rings is 1. The van der Waals surface area contributed by atoms with Gasteiger partial charge < -0.3 is 10.1 Å². The summed E-state index contributed by atoms with van der Waals surface area (Å²) < 4.78 is 32.5. The number of hydrogen-bond donors (Lipinski definition) is 1. The van der Waals surface area contributed by atoms with E-state index in [1.165, 1.54) is 35.8 Å². The molecule has 1 aliphatic heterocycles. The van der Waals surface area contributed by atoms with Gasteiger partial charge in [-0.15, -0.1) is 0 Å². The number of nitrogens with one attached hydrogen (secondary N) is 1. The third-order valence-corrected chi connectivity index (χ3v) is 6.96. The second-order valence-corrected chi connectivity index (χ2v) is 8.82. The Balaban J connectivity index is 1.84. The van der Waals surface area contributed by atoms with Crippen molar-refractivity contribution in [1.82, 2.24) is 9.29 Å². The number of aromatic nitrogens is 1. The van der Waals surface area contributed by atoms with E-state index in [0.29, 0.717) is 24.7 Å². The average molecular weight is 424 g/mol. The van der Waals surface area contributed by atoms with Crippen molar-refractivity contribution in [2.75, 3.05) is 25.5 Å². The predicted molar refractivity (Wildman–Crippen MR) is 107 cm³/mol. The number of sulfonamides is 1. The summed E-state index contributed by atoms with van der Waals surface area (Å²) in [5, 5.41) is 2.79. The number of nitrogens with zero attached hydrogens (tertiary/aromatic N) is 2. The third-order valence-electron chi connectivity index (χ3n) is 4.58.